The summed E-state index contributed by atoms with van der Waals surface area (Å²) >= 11 is 0. The fourth-order valence-corrected chi connectivity index (χ4v) is 4.01. The van der Waals surface area contributed by atoms with E-state index in [1.165, 1.54) is 23.7 Å². The number of fused-ring (bicyclic) bond motifs is 7. The molecule has 4 rings (SSSR count). The van der Waals surface area contributed by atoms with Gasteiger partial charge in [-0.1, -0.05) is 12.2 Å². The molecule has 0 heteroatoms. The van der Waals surface area contributed by atoms with Crippen molar-refractivity contribution in [3.63, 3.8) is 0 Å². The first-order chi connectivity index (χ1) is 4.97. The van der Waals surface area contributed by atoms with Crippen LogP contribution in [0, 0.1) is 35.5 Å². The van der Waals surface area contributed by atoms with Crippen LogP contribution in [0.15, 0.2) is 12.2 Å². The van der Waals surface area contributed by atoms with Crippen molar-refractivity contribution in [2.45, 2.75) is 12.8 Å². The molecule has 0 nitrogen and oxygen atoms in total. The maximum absolute atomic E-state index is 2.46. The van der Waals surface area contributed by atoms with Gasteiger partial charge in [-0.2, -0.15) is 0 Å². The third kappa shape index (κ3) is 0.247. The van der Waals surface area contributed by atoms with Crippen molar-refractivity contribution >= 4 is 0 Å². The minimum Gasteiger partial charge on any atom is -0.0842 e. The lowest BCUT2D eigenvalue weighted by atomic mass is 9.30. The molecule has 6 atom stereocenters. The topological polar surface area (TPSA) is 0 Å². The van der Waals surface area contributed by atoms with Gasteiger partial charge in [0.1, 0.15) is 0 Å². The van der Waals surface area contributed by atoms with Gasteiger partial charge in [-0.25, -0.2) is 0 Å². The van der Waals surface area contributed by atoms with Gasteiger partial charge in [0, 0.05) is 0 Å². The highest BCUT2D eigenvalue weighted by atomic mass is 14.7. The smallest absolute Gasteiger partial charge is 0.0133 e. The molecule has 0 N–H and O–H groups in total. The maximum atomic E-state index is 2.46. The SMILES string of the molecule is C1=CC2C1C1C3CCC3C21. The van der Waals surface area contributed by atoms with E-state index in [1.54, 1.807) is 12.8 Å². The van der Waals surface area contributed by atoms with Crippen LogP contribution in [0.1, 0.15) is 12.8 Å². The molecule has 0 aliphatic heterocycles. The highest BCUT2D eigenvalue weighted by Crippen LogP contribution is 2.74. The molecule has 3 saturated carbocycles. The zero-order valence-electron chi connectivity index (χ0n) is 6.03. The summed E-state index contributed by atoms with van der Waals surface area (Å²) < 4.78 is 0. The molecule has 6 unspecified atom stereocenters. The van der Waals surface area contributed by atoms with E-state index < -0.39 is 0 Å². The van der Waals surface area contributed by atoms with Gasteiger partial charge in [-0.15, -0.1) is 0 Å². The van der Waals surface area contributed by atoms with Crippen LogP contribution >= 0.6 is 0 Å². The van der Waals surface area contributed by atoms with Gasteiger partial charge in [0.05, 0.1) is 0 Å². The molecule has 4 aliphatic rings. The van der Waals surface area contributed by atoms with Crippen LogP contribution in [0.5, 0.6) is 0 Å². The first-order valence-electron chi connectivity index (χ1n) is 4.65. The largest absolute Gasteiger partial charge is 0.0842 e. The summed E-state index contributed by atoms with van der Waals surface area (Å²) in [5.74, 6) is 6.94. The summed E-state index contributed by atoms with van der Waals surface area (Å²) in [5.41, 5.74) is 0. The Labute approximate surface area is 61.3 Å². The lowest BCUT2D eigenvalue weighted by molar-refractivity contribution is -0.231. The van der Waals surface area contributed by atoms with E-state index in [4.69, 9.17) is 0 Å². The van der Waals surface area contributed by atoms with E-state index in [-0.39, 0.29) is 0 Å². The van der Waals surface area contributed by atoms with Crippen molar-refractivity contribution in [1.29, 1.82) is 0 Å². The molecule has 4 aliphatic carbocycles. The Morgan fingerprint density at radius 2 is 1.30 bits per heavy atom. The molecule has 0 saturated heterocycles. The predicted molar refractivity (Wildman–Crippen MR) is 39.3 cm³/mol. The fraction of sp³-hybridized carbons (Fsp3) is 0.800. The molecular formula is C10H12. The molecular weight excluding hydrogens is 120 g/mol. The third-order valence-electron chi connectivity index (χ3n) is 4.71. The molecule has 0 radical (unpaired) electrons. The second-order valence-electron chi connectivity index (χ2n) is 4.60. The molecule has 10 heavy (non-hydrogen) atoms. The second-order valence-corrected chi connectivity index (χ2v) is 4.60. The van der Waals surface area contributed by atoms with Crippen molar-refractivity contribution in [1.82, 2.24) is 0 Å². The van der Waals surface area contributed by atoms with Crippen molar-refractivity contribution in [2.75, 3.05) is 0 Å². The monoisotopic (exact) mass is 132 g/mol. The average Bonchev–Trinajstić information content (AvgIpc) is 1.82. The molecule has 0 aromatic heterocycles. The van der Waals surface area contributed by atoms with Crippen LogP contribution in [0.4, 0.5) is 0 Å². The highest BCUT2D eigenvalue weighted by Gasteiger charge is 2.69. The van der Waals surface area contributed by atoms with Gasteiger partial charge in [-0.05, 0) is 48.3 Å². The van der Waals surface area contributed by atoms with E-state index in [9.17, 15) is 0 Å². The first kappa shape index (κ1) is 4.58. The standard InChI is InChI=1S/C10H12/c1-2-6-5(1)9-7-3-4-8(7)10(6)9/h1-2,5-10H,3-4H2. The number of allylic oxidation sites excluding steroid dienone is 2. The van der Waals surface area contributed by atoms with E-state index in [1.807, 2.05) is 0 Å². The molecule has 0 heterocycles. The zero-order valence-corrected chi connectivity index (χ0v) is 6.03. The first-order valence-corrected chi connectivity index (χ1v) is 4.65. The number of hydrogen-bond donors (Lipinski definition) is 0. The summed E-state index contributed by atoms with van der Waals surface area (Å²) in [6.07, 6.45) is 8.06. The molecule has 52 valence electrons. The molecule has 0 bridgehead atoms. The van der Waals surface area contributed by atoms with Gasteiger partial charge in [-0.3, -0.25) is 0 Å². The molecule has 3 fully saturated rings. The van der Waals surface area contributed by atoms with Gasteiger partial charge in [0.2, 0.25) is 0 Å². The van der Waals surface area contributed by atoms with Crippen LogP contribution in [-0.2, 0) is 0 Å². The van der Waals surface area contributed by atoms with Crippen LogP contribution < -0.4 is 0 Å². The van der Waals surface area contributed by atoms with Crippen LogP contribution in [0.3, 0.4) is 0 Å². The van der Waals surface area contributed by atoms with Gasteiger partial charge in [0.15, 0.2) is 0 Å². The lowest BCUT2D eigenvalue weighted by Gasteiger charge is -2.74. The predicted octanol–water partition coefficient (Wildman–Crippen LogP) is 2.07. The number of hydrogen-bond acceptors (Lipinski definition) is 0. The zero-order chi connectivity index (χ0) is 6.29. The van der Waals surface area contributed by atoms with Crippen LogP contribution in [0.2, 0.25) is 0 Å². The summed E-state index contributed by atoms with van der Waals surface area (Å²) in [4.78, 5) is 0. The maximum Gasteiger partial charge on any atom is -0.0133 e. The Bertz CT molecular complexity index is 204. The van der Waals surface area contributed by atoms with Crippen molar-refractivity contribution in [3.05, 3.63) is 12.2 Å². The molecule has 0 aromatic carbocycles. The summed E-state index contributed by atoms with van der Waals surface area (Å²) in [6.45, 7) is 0. The minimum atomic E-state index is 1.08. The van der Waals surface area contributed by atoms with Crippen LogP contribution in [0.25, 0.3) is 0 Å². The molecule has 0 spiro atoms. The Morgan fingerprint density at radius 3 is 1.60 bits per heavy atom. The lowest BCUT2D eigenvalue weighted by Crippen LogP contribution is -2.69. The van der Waals surface area contributed by atoms with Gasteiger partial charge >= 0.3 is 0 Å². The Kier molecular flexibility index (Phi) is 0.508. The van der Waals surface area contributed by atoms with Crippen molar-refractivity contribution < 1.29 is 0 Å². The summed E-state index contributed by atoms with van der Waals surface area (Å²) in [7, 11) is 0. The average molecular weight is 132 g/mol. The molecule has 0 aromatic rings. The van der Waals surface area contributed by atoms with Crippen LogP contribution in [-0.4, -0.2) is 0 Å². The number of rotatable bonds is 0. The fourth-order valence-electron chi connectivity index (χ4n) is 4.01. The summed E-state index contributed by atoms with van der Waals surface area (Å²) in [5, 5.41) is 0. The van der Waals surface area contributed by atoms with E-state index in [2.05, 4.69) is 12.2 Å². The quantitative estimate of drug-likeness (QED) is 0.443. The van der Waals surface area contributed by atoms with Gasteiger partial charge < -0.3 is 0 Å². The minimum absolute atomic E-state index is 1.08. The van der Waals surface area contributed by atoms with Gasteiger partial charge in [0.25, 0.3) is 0 Å². The Hall–Kier alpha value is -0.260. The van der Waals surface area contributed by atoms with Crippen molar-refractivity contribution in [2.24, 2.45) is 35.5 Å². The molecule has 0 amide bonds. The van der Waals surface area contributed by atoms with E-state index in [0.29, 0.717) is 0 Å². The normalized spacial score (nSPS) is 72.8. The highest BCUT2D eigenvalue weighted by molar-refractivity contribution is 5.30. The second kappa shape index (κ2) is 1.11. The van der Waals surface area contributed by atoms with Crippen molar-refractivity contribution in [3.8, 4) is 0 Å². The van der Waals surface area contributed by atoms with E-state index in [0.717, 1.165) is 11.8 Å². The third-order valence-corrected chi connectivity index (χ3v) is 4.71. The Morgan fingerprint density at radius 1 is 0.800 bits per heavy atom. The Balaban J connectivity index is 1.75. The summed E-state index contributed by atoms with van der Waals surface area (Å²) in [6, 6.07) is 0. The van der Waals surface area contributed by atoms with E-state index >= 15 is 0 Å².